The van der Waals surface area contributed by atoms with Gasteiger partial charge in [-0.2, -0.15) is 0 Å². The Bertz CT molecular complexity index is 578. The number of aryl methyl sites for hydroxylation is 1. The zero-order chi connectivity index (χ0) is 14.7. The number of halogens is 1. The minimum atomic E-state index is 0.287. The lowest BCUT2D eigenvalue weighted by molar-refractivity contribution is 0.737. The predicted octanol–water partition coefficient (Wildman–Crippen LogP) is 4.30. The molecule has 0 bridgehead atoms. The van der Waals surface area contributed by atoms with E-state index in [1.165, 1.54) is 22.4 Å². The maximum atomic E-state index is 5.95. The number of hydrogen-bond acceptors (Lipinski definition) is 2. The van der Waals surface area contributed by atoms with Crippen LogP contribution in [0, 0.1) is 6.92 Å². The van der Waals surface area contributed by atoms with Crippen molar-refractivity contribution in [1.82, 2.24) is 0 Å². The van der Waals surface area contributed by atoms with Crippen LogP contribution in [0.3, 0.4) is 0 Å². The molecule has 0 heterocycles. The molecule has 0 aliphatic carbocycles. The molecule has 1 unspecified atom stereocenters. The molecule has 0 aliphatic rings. The minimum absolute atomic E-state index is 0.287. The molecular formula is C17H21ClN2. The van der Waals surface area contributed by atoms with Crippen LogP contribution in [0.25, 0.3) is 0 Å². The molecule has 2 rings (SSSR count). The van der Waals surface area contributed by atoms with Crippen molar-refractivity contribution in [1.29, 1.82) is 0 Å². The number of rotatable bonds is 4. The summed E-state index contributed by atoms with van der Waals surface area (Å²) < 4.78 is 0. The topological polar surface area (TPSA) is 29.3 Å². The first-order valence-corrected chi connectivity index (χ1v) is 7.18. The maximum Gasteiger partial charge on any atom is 0.0511 e. The number of benzene rings is 2. The summed E-state index contributed by atoms with van der Waals surface area (Å²) >= 11 is 5.95. The molecule has 2 aromatic rings. The fraction of sp³-hybridized carbons (Fsp3) is 0.294. The highest BCUT2D eigenvalue weighted by Crippen LogP contribution is 2.29. The van der Waals surface area contributed by atoms with E-state index in [-0.39, 0.29) is 6.04 Å². The third-order valence-electron chi connectivity index (χ3n) is 3.81. The summed E-state index contributed by atoms with van der Waals surface area (Å²) in [5, 5.41) is 0.770. The quantitative estimate of drug-likeness (QED) is 0.908. The van der Waals surface area contributed by atoms with Gasteiger partial charge in [-0.05, 0) is 48.7 Å². The van der Waals surface area contributed by atoms with Crippen LogP contribution >= 0.6 is 11.6 Å². The summed E-state index contributed by atoms with van der Waals surface area (Å²) in [6, 6.07) is 14.7. The average molecular weight is 289 g/mol. The maximum absolute atomic E-state index is 5.95. The van der Waals surface area contributed by atoms with Crippen molar-refractivity contribution in [2.75, 3.05) is 11.9 Å². The molecule has 0 saturated heterocycles. The zero-order valence-electron chi connectivity index (χ0n) is 12.2. The molecule has 0 saturated carbocycles. The number of anilines is 1. The van der Waals surface area contributed by atoms with Crippen LogP contribution in [-0.4, -0.2) is 7.05 Å². The summed E-state index contributed by atoms with van der Waals surface area (Å²) in [5.41, 5.74) is 10.6. The van der Waals surface area contributed by atoms with Gasteiger partial charge in [-0.3, -0.25) is 0 Å². The van der Waals surface area contributed by atoms with Crippen LogP contribution in [0.5, 0.6) is 0 Å². The highest BCUT2D eigenvalue weighted by atomic mass is 35.5. The lowest BCUT2D eigenvalue weighted by Crippen LogP contribution is -2.22. The molecule has 0 fully saturated rings. The van der Waals surface area contributed by atoms with Crippen LogP contribution in [0.2, 0.25) is 5.02 Å². The van der Waals surface area contributed by atoms with Gasteiger partial charge in [0.05, 0.1) is 6.04 Å². The van der Waals surface area contributed by atoms with Crippen LogP contribution in [0.4, 0.5) is 5.69 Å². The second-order valence-corrected chi connectivity index (χ2v) is 5.60. The van der Waals surface area contributed by atoms with E-state index in [1.54, 1.807) is 0 Å². The lowest BCUT2D eigenvalue weighted by Gasteiger charge is -2.29. The van der Waals surface area contributed by atoms with E-state index < -0.39 is 0 Å². The van der Waals surface area contributed by atoms with Crippen LogP contribution in [0.15, 0.2) is 42.5 Å². The normalized spacial score (nSPS) is 12.2. The third kappa shape index (κ3) is 3.14. The molecule has 2 aromatic carbocycles. The molecule has 3 heteroatoms. The van der Waals surface area contributed by atoms with Gasteiger partial charge in [0.1, 0.15) is 0 Å². The Morgan fingerprint density at radius 2 is 1.80 bits per heavy atom. The first-order chi connectivity index (χ1) is 9.52. The van der Waals surface area contributed by atoms with E-state index in [0.717, 1.165) is 5.02 Å². The van der Waals surface area contributed by atoms with Crippen molar-refractivity contribution in [3.05, 3.63) is 64.2 Å². The van der Waals surface area contributed by atoms with Gasteiger partial charge in [0, 0.05) is 24.3 Å². The molecule has 0 aromatic heterocycles. The summed E-state index contributed by atoms with van der Waals surface area (Å²) in [5.74, 6) is 0. The second-order valence-electron chi connectivity index (χ2n) is 5.16. The van der Waals surface area contributed by atoms with Gasteiger partial charge >= 0.3 is 0 Å². The van der Waals surface area contributed by atoms with E-state index in [2.05, 4.69) is 56.1 Å². The van der Waals surface area contributed by atoms with Gasteiger partial charge in [0.2, 0.25) is 0 Å². The van der Waals surface area contributed by atoms with E-state index in [9.17, 15) is 0 Å². The predicted molar refractivity (Wildman–Crippen MR) is 87.3 cm³/mol. The molecular weight excluding hydrogens is 268 g/mol. The summed E-state index contributed by atoms with van der Waals surface area (Å²) in [7, 11) is 2.11. The highest BCUT2D eigenvalue weighted by molar-refractivity contribution is 6.30. The van der Waals surface area contributed by atoms with Crippen molar-refractivity contribution in [2.24, 2.45) is 5.73 Å². The Kier molecular flexibility index (Phi) is 4.69. The molecule has 0 radical (unpaired) electrons. The molecule has 0 spiro atoms. The van der Waals surface area contributed by atoms with Gasteiger partial charge in [0.25, 0.3) is 0 Å². The molecule has 1 atom stereocenters. The Morgan fingerprint density at radius 3 is 2.35 bits per heavy atom. The lowest BCUT2D eigenvalue weighted by atomic mass is 10.0. The molecule has 0 amide bonds. The highest BCUT2D eigenvalue weighted by Gasteiger charge is 2.14. The smallest absolute Gasteiger partial charge is 0.0511 e. The van der Waals surface area contributed by atoms with E-state index in [1.807, 2.05) is 12.1 Å². The van der Waals surface area contributed by atoms with Crippen molar-refractivity contribution < 1.29 is 0 Å². The molecule has 20 heavy (non-hydrogen) atoms. The fourth-order valence-corrected chi connectivity index (χ4v) is 2.54. The molecule has 106 valence electrons. The monoisotopic (exact) mass is 288 g/mol. The van der Waals surface area contributed by atoms with Gasteiger partial charge in [-0.1, -0.05) is 35.9 Å². The first kappa shape index (κ1) is 14.9. The fourth-order valence-electron chi connectivity index (χ4n) is 2.41. The van der Waals surface area contributed by atoms with Crippen molar-refractivity contribution in [3.63, 3.8) is 0 Å². The van der Waals surface area contributed by atoms with Crippen LogP contribution in [-0.2, 0) is 6.54 Å². The zero-order valence-corrected chi connectivity index (χ0v) is 13.0. The molecule has 2 N–H and O–H groups in total. The van der Waals surface area contributed by atoms with Gasteiger partial charge in [-0.15, -0.1) is 0 Å². The van der Waals surface area contributed by atoms with E-state index in [4.69, 9.17) is 17.3 Å². The Balaban J connectivity index is 2.26. The van der Waals surface area contributed by atoms with Gasteiger partial charge in [0.15, 0.2) is 0 Å². The van der Waals surface area contributed by atoms with Crippen LogP contribution in [0.1, 0.15) is 29.7 Å². The van der Waals surface area contributed by atoms with E-state index >= 15 is 0 Å². The van der Waals surface area contributed by atoms with Crippen molar-refractivity contribution >= 4 is 17.3 Å². The summed E-state index contributed by atoms with van der Waals surface area (Å²) in [6.45, 7) is 4.90. The second kappa shape index (κ2) is 6.29. The minimum Gasteiger partial charge on any atom is -0.368 e. The number of nitrogens with zero attached hydrogens (tertiary/aromatic N) is 1. The molecule has 0 aliphatic heterocycles. The number of hydrogen-bond donors (Lipinski definition) is 1. The Morgan fingerprint density at radius 1 is 1.15 bits per heavy atom. The molecule has 2 nitrogen and oxygen atoms in total. The number of nitrogens with two attached hydrogens (primary N) is 1. The SMILES string of the molecule is Cc1cc(CN)ccc1N(C)C(C)c1ccc(Cl)cc1. The largest absolute Gasteiger partial charge is 0.368 e. The van der Waals surface area contributed by atoms with Crippen LogP contribution < -0.4 is 10.6 Å². The average Bonchev–Trinajstić information content (AvgIpc) is 2.46. The van der Waals surface area contributed by atoms with E-state index in [0.29, 0.717) is 6.54 Å². The van der Waals surface area contributed by atoms with Crippen molar-refractivity contribution in [2.45, 2.75) is 26.4 Å². The summed E-state index contributed by atoms with van der Waals surface area (Å²) in [6.07, 6.45) is 0. The Hall–Kier alpha value is -1.51. The Labute approximate surface area is 126 Å². The standard InChI is InChI=1S/C17H21ClN2/c1-12-10-14(11-19)4-9-17(12)20(3)13(2)15-5-7-16(18)8-6-15/h4-10,13H,11,19H2,1-3H3. The third-order valence-corrected chi connectivity index (χ3v) is 4.06. The van der Waals surface area contributed by atoms with Gasteiger partial charge in [-0.25, -0.2) is 0 Å². The first-order valence-electron chi connectivity index (χ1n) is 6.81. The van der Waals surface area contributed by atoms with Gasteiger partial charge < -0.3 is 10.6 Å². The van der Waals surface area contributed by atoms with Crippen molar-refractivity contribution in [3.8, 4) is 0 Å². The summed E-state index contributed by atoms with van der Waals surface area (Å²) in [4.78, 5) is 2.28.